The number of rotatable bonds is 10. The van der Waals surface area contributed by atoms with Crippen molar-refractivity contribution in [3.05, 3.63) is 17.3 Å². The second kappa shape index (κ2) is 12.3. The third kappa shape index (κ3) is 6.79. The van der Waals surface area contributed by atoms with Crippen molar-refractivity contribution in [3.8, 4) is 0 Å². The molecule has 0 amide bonds. The van der Waals surface area contributed by atoms with Crippen LogP contribution < -0.4 is 11.5 Å². The highest BCUT2D eigenvalue weighted by atomic mass is 32.5. The van der Waals surface area contributed by atoms with Crippen LogP contribution >= 0.6 is 25.9 Å². The second-order valence-electron chi connectivity index (χ2n) is 9.55. The van der Waals surface area contributed by atoms with E-state index in [4.69, 9.17) is 42.4 Å². The molecule has 2 aliphatic heterocycles. The number of hydrogen-bond acceptors (Lipinski definition) is 17. The number of nitrogens with two attached hydrogens (primary N) is 2. The number of ether oxygens (including phenoxy) is 2. The van der Waals surface area contributed by atoms with Gasteiger partial charge in [-0.25, -0.2) is 23.2 Å². The third-order valence-corrected chi connectivity index (χ3v) is 11.1. The normalized spacial score (nSPS) is 38.0. The Bertz CT molecular complexity index is 1340. The summed E-state index contributed by atoms with van der Waals surface area (Å²) in [4.78, 5) is 28.6. The standard InChI is InChI=1S/C19H29FN4O13P2S2/c1-19(22)15(29)8(34-16(19)6-4-41-14-9(6)23-5-24-17(14)21)3-33-39(32,40)37-38(30,31)36-18-12(28)10(26)11(27)13(35-18)7(20)2-25/h4-5,7-8,10-13,15-16,18,25-29H,2-3,22H2,1H3,(H,30,31)(H,32,40)(H2,21,23,24)/t7-,8+,10?,11?,12?,13?,15+,16-,18?,19+,39?/m0/s1. The van der Waals surface area contributed by atoms with Gasteiger partial charge < -0.3 is 60.8 Å². The number of nitrogens with zero attached hydrogens (tertiary/aromatic N) is 2. The first-order valence-corrected chi connectivity index (χ1v) is 16.7. The zero-order chi connectivity index (χ0) is 30.5. The number of fused-ring (bicyclic) bond motifs is 1. The first kappa shape index (κ1) is 33.0. The first-order chi connectivity index (χ1) is 19.0. The minimum absolute atomic E-state index is 0.238. The molecule has 2 aromatic heterocycles. The monoisotopic (exact) mass is 666 g/mol. The highest BCUT2D eigenvalue weighted by Gasteiger charge is 2.53. The molecule has 2 aromatic rings. The molecule has 12 atom stereocenters. The van der Waals surface area contributed by atoms with Crippen LogP contribution in [-0.4, -0.2) is 113 Å². The van der Waals surface area contributed by atoms with Gasteiger partial charge in [0.15, 0.2) is 12.5 Å². The summed E-state index contributed by atoms with van der Waals surface area (Å²) in [6.07, 6.45) is -15.1. The number of phosphoric ester groups is 1. The fraction of sp³-hybridized carbons (Fsp3) is 0.684. The van der Waals surface area contributed by atoms with E-state index in [1.807, 2.05) is 0 Å². The van der Waals surface area contributed by atoms with Gasteiger partial charge in [0.25, 0.3) is 0 Å². The summed E-state index contributed by atoms with van der Waals surface area (Å²) in [5, 5.41) is 51.3. The summed E-state index contributed by atoms with van der Waals surface area (Å²) >= 11 is 6.00. The molecule has 0 aromatic carbocycles. The number of alkyl halides is 1. The Morgan fingerprint density at radius 3 is 2.56 bits per heavy atom. The number of thiophene rings is 1. The highest BCUT2D eigenvalue weighted by molar-refractivity contribution is 8.08. The number of nitrogen functional groups attached to an aromatic ring is 1. The van der Waals surface area contributed by atoms with E-state index in [-0.39, 0.29) is 5.82 Å². The van der Waals surface area contributed by atoms with Crippen molar-refractivity contribution in [1.82, 2.24) is 9.97 Å². The van der Waals surface area contributed by atoms with E-state index in [9.17, 15) is 39.2 Å². The first-order valence-electron chi connectivity index (χ1n) is 11.7. The van der Waals surface area contributed by atoms with Crippen LogP contribution in [0, 0.1) is 0 Å². The fourth-order valence-electron chi connectivity index (χ4n) is 4.40. The van der Waals surface area contributed by atoms with Crippen LogP contribution in [0.3, 0.4) is 0 Å². The van der Waals surface area contributed by atoms with E-state index < -0.39 is 88.5 Å². The van der Waals surface area contributed by atoms with Crippen molar-refractivity contribution in [2.24, 2.45) is 5.73 Å². The molecule has 11 N–H and O–H groups in total. The van der Waals surface area contributed by atoms with Gasteiger partial charge >= 0.3 is 14.5 Å². The van der Waals surface area contributed by atoms with Crippen LogP contribution in [0.4, 0.5) is 10.2 Å². The molecule has 2 saturated heterocycles. The molecule has 2 aliphatic rings. The van der Waals surface area contributed by atoms with Gasteiger partial charge in [0.05, 0.1) is 29.0 Å². The lowest BCUT2D eigenvalue weighted by atomic mass is 9.87. The third-order valence-electron chi connectivity index (χ3n) is 6.54. The maximum atomic E-state index is 13.9. The zero-order valence-electron chi connectivity index (χ0n) is 21.0. The summed E-state index contributed by atoms with van der Waals surface area (Å²) in [6.45, 7) is -4.97. The molecular formula is C19H29FN4O13P2S2. The molecule has 2 fully saturated rings. The molecule has 232 valence electrons. The van der Waals surface area contributed by atoms with Gasteiger partial charge in [0.1, 0.15) is 54.9 Å². The molecule has 0 aliphatic carbocycles. The number of anilines is 1. The molecule has 7 unspecified atom stereocenters. The van der Waals surface area contributed by atoms with Crippen LogP contribution in [0.2, 0.25) is 0 Å². The molecular weight excluding hydrogens is 637 g/mol. The van der Waals surface area contributed by atoms with Crippen molar-refractivity contribution in [2.75, 3.05) is 18.9 Å². The number of halogens is 1. The topological polar surface area (TPSA) is 283 Å². The van der Waals surface area contributed by atoms with Crippen LogP contribution in [-0.2, 0) is 39.2 Å². The molecule has 41 heavy (non-hydrogen) atoms. The Morgan fingerprint density at radius 1 is 1.22 bits per heavy atom. The number of aliphatic hydroxyl groups is 5. The molecule has 0 radical (unpaired) electrons. The van der Waals surface area contributed by atoms with E-state index in [0.717, 1.165) is 0 Å². The predicted octanol–water partition coefficient (Wildman–Crippen LogP) is -1.70. The summed E-state index contributed by atoms with van der Waals surface area (Å²) in [6, 6.07) is 0. The number of aliphatic hydroxyl groups excluding tert-OH is 5. The van der Waals surface area contributed by atoms with E-state index in [1.54, 1.807) is 5.38 Å². The minimum Gasteiger partial charge on any atom is -0.393 e. The molecule has 17 nitrogen and oxygen atoms in total. The lowest BCUT2D eigenvalue weighted by Gasteiger charge is -2.41. The lowest BCUT2D eigenvalue weighted by molar-refractivity contribution is -0.287. The van der Waals surface area contributed by atoms with E-state index in [1.165, 1.54) is 24.6 Å². The maximum absolute atomic E-state index is 13.9. The Hall–Kier alpha value is -0.870. The highest BCUT2D eigenvalue weighted by Crippen LogP contribution is 2.62. The molecule has 22 heteroatoms. The van der Waals surface area contributed by atoms with Gasteiger partial charge in [-0.2, -0.15) is 0 Å². The van der Waals surface area contributed by atoms with Crippen LogP contribution in [0.5, 0.6) is 0 Å². The molecule has 4 heterocycles. The molecule has 0 bridgehead atoms. The molecule has 4 rings (SSSR count). The SMILES string of the molecule is C[C@@]1(N)[C@H](O)[C@@H](COP(O)(=S)OP(=O)(O)OC2OC([C@@H](F)CO)C(O)C(O)C2O)O[C@H]1c1csc2c(N)ncnc12. The van der Waals surface area contributed by atoms with E-state index in [0.29, 0.717) is 15.8 Å². The minimum atomic E-state index is -5.46. The predicted molar refractivity (Wildman–Crippen MR) is 141 cm³/mol. The zero-order valence-corrected chi connectivity index (χ0v) is 24.4. The smallest absolute Gasteiger partial charge is 0.393 e. The van der Waals surface area contributed by atoms with Crippen molar-refractivity contribution < 1.29 is 67.1 Å². The average Bonchev–Trinajstić information content (AvgIpc) is 3.41. The van der Waals surface area contributed by atoms with Crippen molar-refractivity contribution in [2.45, 2.75) is 67.7 Å². The number of phosphoric acid groups is 1. The maximum Gasteiger partial charge on any atom is 0.481 e. The lowest BCUT2D eigenvalue weighted by Crippen LogP contribution is -2.60. The largest absolute Gasteiger partial charge is 0.481 e. The van der Waals surface area contributed by atoms with Gasteiger partial charge in [-0.3, -0.25) is 4.52 Å². The van der Waals surface area contributed by atoms with Crippen molar-refractivity contribution in [1.29, 1.82) is 0 Å². The fourth-order valence-corrected chi connectivity index (χ4v) is 8.43. The van der Waals surface area contributed by atoms with Gasteiger partial charge in [-0.15, -0.1) is 11.3 Å². The van der Waals surface area contributed by atoms with Crippen LogP contribution in [0.25, 0.3) is 10.2 Å². The number of hydrogen-bond donors (Lipinski definition) is 9. The van der Waals surface area contributed by atoms with Gasteiger partial charge in [-0.1, -0.05) is 0 Å². The summed E-state index contributed by atoms with van der Waals surface area (Å²) < 4.78 is 52.1. The second-order valence-corrected chi connectivity index (χ2v) is 14.8. The average molecular weight is 667 g/mol. The van der Waals surface area contributed by atoms with Crippen LogP contribution in [0.15, 0.2) is 11.7 Å². The molecule has 0 saturated carbocycles. The summed E-state index contributed by atoms with van der Waals surface area (Å²) in [7, 11) is -5.46. The van der Waals surface area contributed by atoms with Gasteiger partial charge in [0.2, 0.25) is 0 Å². The van der Waals surface area contributed by atoms with E-state index >= 15 is 0 Å². The van der Waals surface area contributed by atoms with Crippen molar-refractivity contribution in [3.63, 3.8) is 0 Å². The Kier molecular flexibility index (Phi) is 9.87. The van der Waals surface area contributed by atoms with Gasteiger partial charge in [0, 0.05) is 5.56 Å². The Morgan fingerprint density at radius 2 is 1.90 bits per heavy atom. The quantitative estimate of drug-likeness (QED) is 0.128. The summed E-state index contributed by atoms with van der Waals surface area (Å²) in [5.41, 5.74) is 11.8. The van der Waals surface area contributed by atoms with Gasteiger partial charge in [-0.05, 0) is 24.1 Å². The van der Waals surface area contributed by atoms with E-state index in [2.05, 4.69) is 18.8 Å². The number of aromatic nitrogens is 2. The Labute approximate surface area is 240 Å². The molecule has 0 spiro atoms. The van der Waals surface area contributed by atoms with Crippen molar-refractivity contribution >= 4 is 53.7 Å². The summed E-state index contributed by atoms with van der Waals surface area (Å²) in [5.74, 6) is 0.238. The Balaban J connectivity index is 1.41. The van der Waals surface area contributed by atoms with Crippen LogP contribution in [0.1, 0.15) is 18.6 Å².